The third-order valence-corrected chi connectivity index (χ3v) is 5.35. The summed E-state index contributed by atoms with van der Waals surface area (Å²) in [4.78, 5) is -0.362. The van der Waals surface area contributed by atoms with Gasteiger partial charge in [-0.3, -0.25) is 0 Å². The van der Waals surface area contributed by atoms with Crippen LogP contribution in [0.1, 0.15) is 19.8 Å². The molecule has 1 aromatic carbocycles. The second-order valence-electron chi connectivity index (χ2n) is 5.46. The predicted molar refractivity (Wildman–Crippen MR) is 84.1 cm³/mol. The van der Waals surface area contributed by atoms with Crippen LogP contribution in [0.15, 0.2) is 23.1 Å². The third kappa shape index (κ3) is 4.79. The molecule has 0 aromatic heterocycles. The van der Waals surface area contributed by atoms with Crippen LogP contribution in [0, 0.1) is 11.2 Å². The molecule has 0 aliphatic carbocycles. The number of piperidine rings is 1. The van der Waals surface area contributed by atoms with Gasteiger partial charge < -0.3 is 5.32 Å². The first-order valence-electron chi connectivity index (χ1n) is 6.48. The van der Waals surface area contributed by atoms with Gasteiger partial charge in [-0.15, -0.1) is 12.4 Å². The highest BCUT2D eigenvalue weighted by molar-refractivity contribution is 7.89. The number of hydrogen-bond acceptors (Lipinski definition) is 3. The van der Waals surface area contributed by atoms with Crippen LogP contribution in [0.25, 0.3) is 0 Å². The van der Waals surface area contributed by atoms with E-state index in [1.54, 1.807) is 0 Å². The Balaban J connectivity index is 0.00000220. The standard InChI is InChI=1S/C13H18ClFN2O2S.ClH/c1-13(4-6-16-7-5-13)9-17-20(18,19)12-3-2-10(14)8-11(12)15;/h2-3,8,16-17H,4-7,9H2,1H3;1H. The maximum atomic E-state index is 13.7. The molecule has 2 N–H and O–H groups in total. The fraction of sp³-hybridized carbons (Fsp3) is 0.538. The molecular formula is C13H19Cl2FN2O2S. The first-order chi connectivity index (χ1) is 9.32. The molecule has 2 rings (SSSR count). The van der Waals surface area contributed by atoms with E-state index in [1.165, 1.54) is 12.1 Å². The summed E-state index contributed by atoms with van der Waals surface area (Å²) in [5, 5.41) is 3.41. The molecule has 1 fully saturated rings. The minimum absolute atomic E-state index is 0. The molecule has 0 bridgehead atoms. The molecule has 1 aliphatic heterocycles. The Bertz CT molecular complexity index is 590. The summed E-state index contributed by atoms with van der Waals surface area (Å²) in [5.41, 5.74) is -0.0960. The van der Waals surface area contributed by atoms with Gasteiger partial charge in [0.05, 0.1) is 0 Å². The van der Waals surface area contributed by atoms with Gasteiger partial charge >= 0.3 is 0 Å². The number of halogens is 3. The van der Waals surface area contributed by atoms with E-state index < -0.39 is 15.8 Å². The molecule has 1 aromatic rings. The molecule has 8 heteroatoms. The van der Waals surface area contributed by atoms with Gasteiger partial charge in [-0.1, -0.05) is 18.5 Å². The number of nitrogens with one attached hydrogen (secondary N) is 2. The minimum atomic E-state index is -3.85. The number of sulfonamides is 1. The summed E-state index contributed by atoms with van der Waals surface area (Å²) in [6.45, 7) is 4.08. The quantitative estimate of drug-likeness (QED) is 0.871. The summed E-state index contributed by atoms with van der Waals surface area (Å²) in [6.07, 6.45) is 1.78. The molecule has 1 aliphatic rings. The van der Waals surface area contributed by atoms with E-state index in [0.29, 0.717) is 6.54 Å². The lowest BCUT2D eigenvalue weighted by atomic mass is 9.81. The zero-order valence-electron chi connectivity index (χ0n) is 11.7. The van der Waals surface area contributed by atoms with Crippen LogP contribution in [-0.4, -0.2) is 28.1 Å². The molecule has 0 atom stereocenters. The van der Waals surface area contributed by atoms with Gasteiger partial charge in [0, 0.05) is 11.6 Å². The maximum absolute atomic E-state index is 13.7. The normalized spacial score (nSPS) is 18.0. The Kier molecular flexibility index (Phi) is 6.43. The Morgan fingerprint density at radius 2 is 2.00 bits per heavy atom. The molecule has 120 valence electrons. The van der Waals surface area contributed by atoms with E-state index >= 15 is 0 Å². The summed E-state index contributed by atoms with van der Waals surface area (Å²) >= 11 is 5.63. The first kappa shape index (κ1) is 18.6. The smallest absolute Gasteiger partial charge is 0.243 e. The van der Waals surface area contributed by atoms with Gasteiger partial charge in [0.15, 0.2) is 0 Å². The van der Waals surface area contributed by atoms with Crippen LogP contribution >= 0.6 is 24.0 Å². The van der Waals surface area contributed by atoms with Crippen molar-refractivity contribution in [1.29, 1.82) is 0 Å². The van der Waals surface area contributed by atoms with Crippen molar-refractivity contribution in [1.82, 2.24) is 10.0 Å². The summed E-state index contributed by atoms with van der Waals surface area (Å²) < 4.78 is 40.5. The average molecular weight is 357 g/mol. The molecular weight excluding hydrogens is 338 g/mol. The van der Waals surface area contributed by atoms with Crippen molar-refractivity contribution in [3.05, 3.63) is 29.0 Å². The van der Waals surface area contributed by atoms with Crippen molar-refractivity contribution in [3.8, 4) is 0 Å². The molecule has 0 saturated carbocycles. The summed E-state index contributed by atoms with van der Waals surface area (Å²) in [6, 6.07) is 3.55. The van der Waals surface area contributed by atoms with E-state index in [1.807, 2.05) is 6.92 Å². The molecule has 0 unspecified atom stereocenters. The molecule has 4 nitrogen and oxygen atoms in total. The van der Waals surface area contributed by atoms with Crippen LogP contribution in [0.2, 0.25) is 5.02 Å². The fourth-order valence-electron chi connectivity index (χ4n) is 2.25. The second kappa shape index (κ2) is 7.24. The van der Waals surface area contributed by atoms with Crippen molar-refractivity contribution < 1.29 is 12.8 Å². The Labute approximate surface area is 135 Å². The van der Waals surface area contributed by atoms with Gasteiger partial charge in [-0.05, 0) is 49.5 Å². The Morgan fingerprint density at radius 3 is 2.57 bits per heavy atom. The topological polar surface area (TPSA) is 58.2 Å². The fourth-order valence-corrected chi connectivity index (χ4v) is 3.66. The van der Waals surface area contributed by atoms with Gasteiger partial charge in [0.2, 0.25) is 10.0 Å². The van der Waals surface area contributed by atoms with Gasteiger partial charge in [-0.25, -0.2) is 17.5 Å². The van der Waals surface area contributed by atoms with Crippen LogP contribution in [0.5, 0.6) is 0 Å². The van der Waals surface area contributed by atoms with Gasteiger partial charge in [-0.2, -0.15) is 0 Å². The van der Waals surface area contributed by atoms with Crippen molar-refractivity contribution >= 4 is 34.0 Å². The SMILES string of the molecule is CC1(CNS(=O)(=O)c2ccc(Cl)cc2F)CCNCC1.Cl. The number of rotatable bonds is 4. The molecule has 1 saturated heterocycles. The van der Waals surface area contributed by atoms with Crippen LogP contribution in [0.4, 0.5) is 4.39 Å². The maximum Gasteiger partial charge on any atom is 0.243 e. The van der Waals surface area contributed by atoms with Crippen LogP contribution in [-0.2, 0) is 10.0 Å². The van der Waals surface area contributed by atoms with E-state index in [-0.39, 0.29) is 27.7 Å². The second-order valence-corrected chi connectivity index (χ2v) is 7.63. The monoisotopic (exact) mass is 356 g/mol. The van der Waals surface area contributed by atoms with Crippen LogP contribution < -0.4 is 10.0 Å². The van der Waals surface area contributed by atoms with E-state index in [2.05, 4.69) is 10.0 Å². The Morgan fingerprint density at radius 1 is 1.38 bits per heavy atom. The van der Waals surface area contributed by atoms with Crippen molar-refractivity contribution in [2.45, 2.75) is 24.7 Å². The number of benzene rings is 1. The minimum Gasteiger partial charge on any atom is -0.317 e. The predicted octanol–water partition coefficient (Wildman–Crippen LogP) is 2.57. The van der Waals surface area contributed by atoms with Gasteiger partial charge in [0.1, 0.15) is 10.7 Å². The van der Waals surface area contributed by atoms with E-state index in [9.17, 15) is 12.8 Å². The van der Waals surface area contributed by atoms with Crippen molar-refractivity contribution in [3.63, 3.8) is 0 Å². The zero-order valence-corrected chi connectivity index (χ0v) is 14.0. The molecule has 0 amide bonds. The lowest BCUT2D eigenvalue weighted by molar-refractivity contribution is 0.232. The molecule has 1 heterocycles. The average Bonchev–Trinajstić information content (AvgIpc) is 2.37. The lowest BCUT2D eigenvalue weighted by Crippen LogP contribution is -2.43. The van der Waals surface area contributed by atoms with E-state index in [4.69, 9.17) is 11.6 Å². The summed E-state index contributed by atoms with van der Waals surface area (Å²) in [7, 11) is -3.85. The highest BCUT2D eigenvalue weighted by Crippen LogP contribution is 2.27. The van der Waals surface area contributed by atoms with Gasteiger partial charge in [0.25, 0.3) is 0 Å². The molecule has 0 radical (unpaired) electrons. The summed E-state index contributed by atoms with van der Waals surface area (Å²) in [5.74, 6) is -0.833. The number of hydrogen-bond donors (Lipinski definition) is 2. The highest BCUT2D eigenvalue weighted by Gasteiger charge is 2.29. The zero-order chi connectivity index (χ0) is 14.8. The highest BCUT2D eigenvalue weighted by atomic mass is 35.5. The first-order valence-corrected chi connectivity index (χ1v) is 8.34. The molecule has 0 spiro atoms. The molecule has 21 heavy (non-hydrogen) atoms. The Hall–Kier alpha value is -0.400. The lowest BCUT2D eigenvalue weighted by Gasteiger charge is -2.34. The van der Waals surface area contributed by atoms with E-state index in [0.717, 1.165) is 32.0 Å². The van der Waals surface area contributed by atoms with Crippen molar-refractivity contribution in [2.24, 2.45) is 5.41 Å². The van der Waals surface area contributed by atoms with Crippen molar-refractivity contribution in [2.75, 3.05) is 19.6 Å². The third-order valence-electron chi connectivity index (χ3n) is 3.68. The largest absolute Gasteiger partial charge is 0.317 e. The van der Waals surface area contributed by atoms with Crippen LogP contribution in [0.3, 0.4) is 0 Å².